The number of nitrogens with one attached hydrogen (secondary N) is 1. The van der Waals surface area contributed by atoms with E-state index in [1.807, 2.05) is 34.9 Å². The molecule has 3 rings (SSSR count). The topological polar surface area (TPSA) is 73.2 Å². The maximum Gasteiger partial charge on any atom is 0.356 e. The smallest absolute Gasteiger partial charge is 0.356 e. The second-order valence-corrected chi connectivity index (χ2v) is 6.06. The van der Waals surface area contributed by atoms with E-state index in [0.29, 0.717) is 22.4 Å². The summed E-state index contributed by atoms with van der Waals surface area (Å²) in [6.07, 6.45) is 6.40. The van der Waals surface area contributed by atoms with E-state index in [-0.39, 0.29) is 17.7 Å². The number of rotatable bonds is 7. The number of pyridine rings is 2. The first-order valence-corrected chi connectivity index (χ1v) is 9.09. The van der Waals surface area contributed by atoms with Crippen LogP contribution in [0.15, 0.2) is 90.5 Å². The molecule has 1 N–H and O–H groups in total. The van der Waals surface area contributed by atoms with Crippen LogP contribution in [0.25, 0.3) is 16.6 Å². The molecule has 6 heteroatoms. The third-order valence-corrected chi connectivity index (χ3v) is 4.19. The Morgan fingerprint density at radius 2 is 2.00 bits per heavy atom. The summed E-state index contributed by atoms with van der Waals surface area (Å²) >= 11 is 0. The highest BCUT2D eigenvalue weighted by Crippen LogP contribution is 2.24. The first kappa shape index (κ1) is 19.8. The molecule has 3 aromatic rings. The molecule has 0 aliphatic carbocycles. The van der Waals surface area contributed by atoms with Gasteiger partial charge in [-0.05, 0) is 37.3 Å². The van der Waals surface area contributed by atoms with Gasteiger partial charge in [-0.2, -0.15) is 0 Å². The lowest BCUT2D eigenvalue weighted by atomic mass is 10.2. The Labute approximate surface area is 168 Å². The van der Waals surface area contributed by atoms with E-state index in [0.717, 1.165) is 5.69 Å². The van der Waals surface area contributed by atoms with Crippen molar-refractivity contribution in [2.45, 2.75) is 6.92 Å². The second-order valence-electron chi connectivity index (χ2n) is 6.06. The van der Waals surface area contributed by atoms with Gasteiger partial charge in [0.05, 0.1) is 17.5 Å². The summed E-state index contributed by atoms with van der Waals surface area (Å²) < 4.78 is 6.91. The Balaban J connectivity index is 2.33. The van der Waals surface area contributed by atoms with Gasteiger partial charge in [-0.15, -0.1) is 0 Å². The molecule has 0 spiro atoms. The number of allylic oxidation sites excluding steroid dienone is 3. The van der Waals surface area contributed by atoms with E-state index in [1.54, 1.807) is 31.2 Å². The Kier molecular flexibility index (Phi) is 6.04. The van der Waals surface area contributed by atoms with Gasteiger partial charge < -0.3 is 10.1 Å². The van der Waals surface area contributed by atoms with Crippen LogP contribution in [0.2, 0.25) is 0 Å². The zero-order valence-electron chi connectivity index (χ0n) is 16.1. The number of hydrogen-bond donors (Lipinski definition) is 1. The molecule has 0 amide bonds. The molecule has 0 atom stereocenters. The maximum absolute atomic E-state index is 12.7. The lowest BCUT2D eigenvalue weighted by molar-refractivity contribution is 0.0519. The van der Waals surface area contributed by atoms with Gasteiger partial charge in [-0.1, -0.05) is 37.4 Å². The van der Waals surface area contributed by atoms with Gasteiger partial charge in [0.15, 0.2) is 5.43 Å². The summed E-state index contributed by atoms with van der Waals surface area (Å²) in [5.74, 6) is -0.0270. The first-order chi connectivity index (χ1) is 14.1. The van der Waals surface area contributed by atoms with Crippen LogP contribution in [-0.4, -0.2) is 22.1 Å². The third-order valence-electron chi connectivity index (χ3n) is 4.19. The quantitative estimate of drug-likeness (QED) is 0.485. The Hall–Kier alpha value is -3.93. The molecule has 6 nitrogen and oxygen atoms in total. The summed E-state index contributed by atoms with van der Waals surface area (Å²) in [7, 11) is 0. The number of carbonyl (C=O) groups excluding carboxylic acids is 1. The highest BCUT2D eigenvalue weighted by molar-refractivity contribution is 5.93. The minimum atomic E-state index is -0.543. The average Bonchev–Trinajstić information content (AvgIpc) is 2.74. The molecular formula is C23H21N3O3. The van der Waals surface area contributed by atoms with Gasteiger partial charge in [-0.25, -0.2) is 9.78 Å². The van der Waals surface area contributed by atoms with Crippen molar-refractivity contribution >= 4 is 22.7 Å². The molecule has 2 aromatic heterocycles. The molecule has 29 heavy (non-hydrogen) atoms. The van der Waals surface area contributed by atoms with E-state index in [1.165, 1.54) is 12.3 Å². The molecular weight excluding hydrogens is 366 g/mol. The van der Waals surface area contributed by atoms with Crippen molar-refractivity contribution in [3.05, 3.63) is 102 Å². The molecule has 146 valence electrons. The van der Waals surface area contributed by atoms with E-state index in [2.05, 4.69) is 23.5 Å². The Morgan fingerprint density at radius 1 is 1.24 bits per heavy atom. The molecule has 0 saturated heterocycles. The van der Waals surface area contributed by atoms with Crippen molar-refractivity contribution in [1.82, 2.24) is 9.55 Å². The summed E-state index contributed by atoms with van der Waals surface area (Å²) in [6.45, 7) is 9.44. The van der Waals surface area contributed by atoms with Crippen LogP contribution in [-0.2, 0) is 4.74 Å². The normalized spacial score (nSPS) is 11.1. The Bertz CT molecular complexity index is 1160. The first-order valence-electron chi connectivity index (χ1n) is 9.09. The average molecular weight is 387 g/mol. The van der Waals surface area contributed by atoms with E-state index in [9.17, 15) is 9.59 Å². The van der Waals surface area contributed by atoms with Gasteiger partial charge in [0.2, 0.25) is 0 Å². The van der Waals surface area contributed by atoms with Gasteiger partial charge in [-0.3, -0.25) is 9.36 Å². The summed E-state index contributed by atoms with van der Waals surface area (Å²) in [6, 6.07) is 12.6. The number of para-hydroxylation sites is 1. The molecule has 0 fully saturated rings. The minimum Gasteiger partial charge on any atom is -0.461 e. The highest BCUT2D eigenvalue weighted by atomic mass is 16.5. The van der Waals surface area contributed by atoms with Crippen LogP contribution in [0.4, 0.5) is 5.82 Å². The van der Waals surface area contributed by atoms with E-state index >= 15 is 0 Å². The van der Waals surface area contributed by atoms with Crippen LogP contribution < -0.4 is 10.7 Å². The number of esters is 1. The standard InChI is InChI=1S/C23H21N3O3/c1-4-10-16(5-2)25-22-14-21(27)18-15-24-19(23(28)29-6-3)13-20(18)26(22)17-11-8-7-9-12-17/h4-5,7-15,25H,1-2,6H2,3H3/b16-10+. The molecule has 0 aliphatic heterocycles. The predicted molar refractivity (Wildman–Crippen MR) is 115 cm³/mol. The van der Waals surface area contributed by atoms with Crippen molar-refractivity contribution in [3.8, 4) is 5.69 Å². The van der Waals surface area contributed by atoms with Gasteiger partial charge in [0.25, 0.3) is 0 Å². The molecule has 0 radical (unpaired) electrons. The number of aromatic nitrogens is 2. The lowest BCUT2D eigenvalue weighted by Crippen LogP contribution is -2.15. The van der Waals surface area contributed by atoms with Crippen LogP contribution in [0, 0.1) is 0 Å². The number of nitrogens with zero attached hydrogens (tertiary/aromatic N) is 2. The minimum absolute atomic E-state index is 0.131. The summed E-state index contributed by atoms with van der Waals surface area (Å²) in [4.78, 5) is 29.0. The van der Waals surface area contributed by atoms with Crippen molar-refractivity contribution in [2.24, 2.45) is 0 Å². The zero-order chi connectivity index (χ0) is 20.8. The number of hydrogen-bond acceptors (Lipinski definition) is 5. The SMILES string of the molecule is C=C/C=C(\C=C)Nc1cc(=O)c2cnc(C(=O)OCC)cc2n1-c1ccccc1. The molecule has 0 aliphatic rings. The van der Waals surface area contributed by atoms with Crippen molar-refractivity contribution < 1.29 is 9.53 Å². The number of ether oxygens (including phenoxy) is 1. The second kappa shape index (κ2) is 8.84. The molecule has 0 bridgehead atoms. The number of fused-ring (bicyclic) bond motifs is 1. The number of benzene rings is 1. The van der Waals surface area contributed by atoms with Crippen LogP contribution in [0.5, 0.6) is 0 Å². The summed E-state index contributed by atoms with van der Waals surface area (Å²) in [5.41, 5.74) is 1.92. The zero-order valence-corrected chi connectivity index (χ0v) is 16.1. The van der Waals surface area contributed by atoms with Crippen LogP contribution >= 0.6 is 0 Å². The van der Waals surface area contributed by atoms with Crippen molar-refractivity contribution in [3.63, 3.8) is 0 Å². The fourth-order valence-corrected chi connectivity index (χ4v) is 2.92. The maximum atomic E-state index is 12.7. The molecule has 1 aromatic carbocycles. The number of anilines is 1. The fraction of sp³-hybridized carbons (Fsp3) is 0.0870. The summed E-state index contributed by atoms with van der Waals surface area (Å²) in [5, 5.41) is 3.59. The van der Waals surface area contributed by atoms with Crippen LogP contribution in [0.1, 0.15) is 17.4 Å². The molecule has 0 saturated carbocycles. The van der Waals surface area contributed by atoms with Crippen molar-refractivity contribution in [1.29, 1.82) is 0 Å². The van der Waals surface area contributed by atoms with Gasteiger partial charge in [0, 0.05) is 23.6 Å². The molecule has 2 heterocycles. The monoisotopic (exact) mass is 387 g/mol. The van der Waals surface area contributed by atoms with E-state index in [4.69, 9.17) is 4.74 Å². The molecule has 0 unspecified atom stereocenters. The predicted octanol–water partition coefficient (Wildman–Crippen LogP) is 4.23. The highest BCUT2D eigenvalue weighted by Gasteiger charge is 2.16. The van der Waals surface area contributed by atoms with Gasteiger partial charge >= 0.3 is 5.97 Å². The van der Waals surface area contributed by atoms with Gasteiger partial charge in [0.1, 0.15) is 11.5 Å². The van der Waals surface area contributed by atoms with E-state index < -0.39 is 5.97 Å². The Morgan fingerprint density at radius 3 is 2.66 bits per heavy atom. The van der Waals surface area contributed by atoms with Crippen LogP contribution in [0.3, 0.4) is 0 Å². The lowest BCUT2D eigenvalue weighted by Gasteiger charge is -2.19. The number of carbonyl (C=O) groups is 1. The van der Waals surface area contributed by atoms with Crippen molar-refractivity contribution in [2.75, 3.05) is 11.9 Å². The fourth-order valence-electron chi connectivity index (χ4n) is 2.92. The largest absolute Gasteiger partial charge is 0.461 e. The third kappa shape index (κ3) is 4.16.